The Morgan fingerprint density at radius 2 is 2.12 bits per heavy atom. The first-order chi connectivity index (χ1) is 7.49. The van der Waals surface area contributed by atoms with Gasteiger partial charge in [0.25, 0.3) is 11.1 Å². The number of aliphatic hydroxyl groups is 1. The van der Waals surface area contributed by atoms with Gasteiger partial charge in [-0.15, -0.1) is 0 Å². The van der Waals surface area contributed by atoms with Gasteiger partial charge in [0.05, 0.1) is 12.6 Å². The molecule has 0 aliphatic carbocycles. The number of hydrogen-bond donors (Lipinski definition) is 3. The van der Waals surface area contributed by atoms with Crippen molar-refractivity contribution in [3.63, 3.8) is 0 Å². The second-order valence-corrected chi connectivity index (χ2v) is 3.98. The van der Waals surface area contributed by atoms with Crippen molar-refractivity contribution in [3.8, 4) is 0 Å². The van der Waals surface area contributed by atoms with Crippen LogP contribution in [0.3, 0.4) is 0 Å². The van der Waals surface area contributed by atoms with Crippen LogP contribution in [0.15, 0.2) is 21.7 Å². The van der Waals surface area contributed by atoms with Gasteiger partial charge in [0, 0.05) is 24.7 Å². The molecule has 3 N–H and O–H groups in total. The first-order valence-electron chi connectivity index (χ1n) is 5.20. The summed E-state index contributed by atoms with van der Waals surface area (Å²) in [7, 11) is 0. The second kappa shape index (κ2) is 5.62. The molecular weight excluding hydrogens is 210 g/mol. The Hall–Kier alpha value is -1.40. The zero-order valence-electron chi connectivity index (χ0n) is 9.43. The fourth-order valence-corrected chi connectivity index (χ4v) is 1.24. The number of aromatic amines is 1. The van der Waals surface area contributed by atoms with Crippen LogP contribution >= 0.6 is 0 Å². The van der Waals surface area contributed by atoms with E-state index >= 15 is 0 Å². The lowest BCUT2D eigenvalue weighted by Gasteiger charge is -2.14. The molecule has 6 heteroatoms. The third-order valence-electron chi connectivity index (χ3n) is 2.04. The van der Waals surface area contributed by atoms with Crippen molar-refractivity contribution < 1.29 is 5.11 Å². The molecule has 1 aromatic rings. The predicted octanol–water partition coefficient (Wildman–Crippen LogP) is -1.10. The largest absolute Gasteiger partial charge is 0.390 e. The SMILES string of the molecule is CC(C)NCC(O)Cn1[nH]c(=O)ccc1=O. The first kappa shape index (κ1) is 12.7. The van der Waals surface area contributed by atoms with Crippen molar-refractivity contribution in [3.05, 3.63) is 32.8 Å². The molecule has 1 heterocycles. The van der Waals surface area contributed by atoms with Gasteiger partial charge in [-0.1, -0.05) is 13.8 Å². The lowest BCUT2D eigenvalue weighted by Crippen LogP contribution is -2.38. The van der Waals surface area contributed by atoms with Crippen molar-refractivity contribution in [1.29, 1.82) is 0 Å². The fraction of sp³-hybridized carbons (Fsp3) is 0.600. The van der Waals surface area contributed by atoms with Gasteiger partial charge < -0.3 is 10.4 Å². The second-order valence-electron chi connectivity index (χ2n) is 3.98. The quantitative estimate of drug-likeness (QED) is 0.595. The molecule has 0 aliphatic heterocycles. The van der Waals surface area contributed by atoms with Crippen LogP contribution in [0.2, 0.25) is 0 Å². The molecule has 1 atom stereocenters. The van der Waals surface area contributed by atoms with Crippen LogP contribution in [0.25, 0.3) is 0 Å². The summed E-state index contributed by atoms with van der Waals surface area (Å²) >= 11 is 0. The average Bonchev–Trinajstić information content (AvgIpc) is 2.20. The van der Waals surface area contributed by atoms with E-state index in [4.69, 9.17) is 0 Å². The zero-order valence-corrected chi connectivity index (χ0v) is 9.43. The number of nitrogens with zero attached hydrogens (tertiary/aromatic N) is 1. The topological polar surface area (TPSA) is 87.1 Å². The van der Waals surface area contributed by atoms with E-state index in [1.807, 2.05) is 13.8 Å². The Bertz CT molecular complexity index is 435. The van der Waals surface area contributed by atoms with E-state index in [0.717, 1.165) is 10.7 Å². The summed E-state index contributed by atoms with van der Waals surface area (Å²) in [6.45, 7) is 4.38. The van der Waals surface area contributed by atoms with Crippen LogP contribution in [0.1, 0.15) is 13.8 Å². The Kier molecular flexibility index (Phi) is 4.45. The number of H-pyrrole nitrogens is 1. The Balaban J connectivity index is 2.62. The zero-order chi connectivity index (χ0) is 12.1. The maximum Gasteiger partial charge on any atom is 0.265 e. The van der Waals surface area contributed by atoms with E-state index in [1.54, 1.807) is 0 Å². The Morgan fingerprint density at radius 1 is 1.44 bits per heavy atom. The van der Waals surface area contributed by atoms with Gasteiger partial charge in [0.15, 0.2) is 0 Å². The third kappa shape index (κ3) is 4.00. The molecule has 0 aliphatic rings. The molecule has 1 unspecified atom stereocenters. The van der Waals surface area contributed by atoms with E-state index in [-0.39, 0.29) is 23.7 Å². The Labute approximate surface area is 92.9 Å². The minimum Gasteiger partial charge on any atom is -0.390 e. The summed E-state index contributed by atoms with van der Waals surface area (Å²) in [5.74, 6) is 0. The van der Waals surface area contributed by atoms with Crippen LogP contribution in [0.4, 0.5) is 0 Å². The van der Waals surface area contributed by atoms with E-state index in [2.05, 4.69) is 10.4 Å². The summed E-state index contributed by atoms with van der Waals surface area (Å²) in [6.07, 6.45) is -0.710. The van der Waals surface area contributed by atoms with E-state index in [0.29, 0.717) is 6.54 Å². The summed E-state index contributed by atoms with van der Waals surface area (Å²) < 4.78 is 1.11. The molecule has 6 nitrogen and oxygen atoms in total. The van der Waals surface area contributed by atoms with E-state index in [1.165, 1.54) is 6.07 Å². The maximum atomic E-state index is 11.3. The lowest BCUT2D eigenvalue weighted by molar-refractivity contribution is 0.142. The van der Waals surface area contributed by atoms with Crippen LogP contribution in [-0.2, 0) is 6.54 Å². The molecular formula is C10H17N3O3. The summed E-state index contributed by atoms with van der Waals surface area (Å²) in [5, 5.41) is 15.0. The molecule has 0 amide bonds. The first-order valence-corrected chi connectivity index (χ1v) is 5.20. The Morgan fingerprint density at radius 3 is 2.75 bits per heavy atom. The van der Waals surface area contributed by atoms with E-state index < -0.39 is 6.10 Å². The molecule has 16 heavy (non-hydrogen) atoms. The average molecular weight is 227 g/mol. The molecule has 0 spiro atoms. The van der Waals surface area contributed by atoms with Crippen molar-refractivity contribution >= 4 is 0 Å². The standard InChI is InChI=1S/C10H17N3O3/c1-7(2)11-5-8(14)6-13-10(16)4-3-9(15)12-13/h3-4,7-8,11,14H,5-6H2,1-2H3,(H,12,15). The van der Waals surface area contributed by atoms with Gasteiger partial charge in [-0.3, -0.25) is 14.7 Å². The molecule has 1 rings (SSSR count). The van der Waals surface area contributed by atoms with Crippen molar-refractivity contribution in [2.45, 2.75) is 32.5 Å². The lowest BCUT2D eigenvalue weighted by atomic mass is 10.3. The highest BCUT2D eigenvalue weighted by atomic mass is 16.3. The minimum absolute atomic E-state index is 0.0780. The molecule has 90 valence electrons. The van der Waals surface area contributed by atoms with Crippen molar-refractivity contribution in [2.24, 2.45) is 0 Å². The van der Waals surface area contributed by atoms with Gasteiger partial charge in [-0.05, 0) is 0 Å². The van der Waals surface area contributed by atoms with Gasteiger partial charge in [-0.25, -0.2) is 4.68 Å². The summed E-state index contributed by atoms with van der Waals surface area (Å²) in [4.78, 5) is 22.3. The molecule has 0 saturated carbocycles. The van der Waals surface area contributed by atoms with Crippen molar-refractivity contribution in [2.75, 3.05) is 6.54 Å². The van der Waals surface area contributed by atoms with Crippen LogP contribution in [-0.4, -0.2) is 33.6 Å². The summed E-state index contributed by atoms with van der Waals surface area (Å²) in [6, 6.07) is 2.61. The van der Waals surface area contributed by atoms with Gasteiger partial charge in [0.1, 0.15) is 0 Å². The maximum absolute atomic E-state index is 11.3. The highest BCUT2D eigenvalue weighted by Crippen LogP contribution is 1.86. The molecule has 0 aromatic carbocycles. The summed E-state index contributed by atoms with van der Waals surface area (Å²) in [5.41, 5.74) is -0.688. The number of rotatable bonds is 5. The molecule has 0 fully saturated rings. The van der Waals surface area contributed by atoms with Crippen molar-refractivity contribution in [1.82, 2.24) is 15.1 Å². The van der Waals surface area contributed by atoms with Crippen LogP contribution in [0, 0.1) is 0 Å². The monoisotopic (exact) mass is 227 g/mol. The smallest absolute Gasteiger partial charge is 0.265 e. The minimum atomic E-state index is -0.710. The van der Waals surface area contributed by atoms with Gasteiger partial charge in [0.2, 0.25) is 0 Å². The highest BCUT2D eigenvalue weighted by Gasteiger charge is 2.07. The highest BCUT2D eigenvalue weighted by molar-refractivity contribution is 4.86. The number of aromatic nitrogens is 2. The van der Waals surface area contributed by atoms with Gasteiger partial charge >= 0.3 is 0 Å². The third-order valence-corrected chi connectivity index (χ3v) is 2.04. The van der Waals surface area contributed by atoms with Gasteiger partial charge in [-0.2, -0.15) is 0 Å². The fourth-order valence-electron chi connectivity index (χ4n) is 1.24. The van der Waals surface area contributed by atoms with E-state index in [9.17, 15) is 14.7 Å². The normalized spacial score (nSPS) is 13.0. The molecule has 1 aromatic heterocycles. The van der Waals surface area contributed by atoms with Crippen LogP contribution in [0.5, 0.6) is 0 Å². The molecule has 0 bridgehead atoms. The molecule has 0 saturated heterocycles. The predicted molar refractivity (Wildman–Crippen MR) is 60.5 cm³/mol. The van der Waals surface area contributed by atoms with Crippen LogP contribution < -0.4 is 16.4 Å². The number of nitrogens with one attached hydrogen (secondary N) is 2. The number of aliphatic hydroxyl groups excluding tert-OH is 1. The molecule has 0 radical (unpaired) electrons. The number of hydrogen-bond acceptors (Lipinski definition) is 4.